The van der Waals surface area contributed by atoms with E-state index < -0.39 is 34.4 Å². The van der Waals surface area contributed by atoms with Gasteiger partial charge in [-0.3, -0.25) is 0 Å². The number of benzene rings is 1. The topological polar surface area (TPSA) is 34.1 Å². The van der Waals surface area contributed by atoms with E-state index in [0.29, 0.717) is 0 Å². The second-order valence-corrected chi connectivity index (χ2v) is 6.05. The molecule has 0 radical (unpaired) electrons. The van der Waals surface area contributed by atoms with Crippen molar-refractivity contribution in [3.05, 3.63) is 29.8 Å². The Morgan fingerprint density at radius 2 is 1.67 bits per heavy atom. The molecule has 0 amide bonds. The summed E-state index contributed by atoms with van der Waals surface area (Å²) in [5.41, 5.74) is 0.812. The summed E-state index contributed by atoms with van der Waals surface area (Å²) in [6.07, 6.45) is -5.24. The predicted octanol–water partition coefficient (Wildman–Crippen LogP) is 3.06. The van der Waals surface area contributed by atoms with Gasteiger partial charge in [0.2, 0.25) is 0 Å². The van der Waals surface area contributed by atoms with Gasteiger partial charge in [-0.25, -0.2) is 26.0 Å². The van der Waals surface area contributed by atoms with Crippen LogP contribution in [0.5, 0.6) is 0 Å². The van der Waals surface area contributed by atoms with Crippen molar-refractivity contribution in [3.63, 3.8) is 0 Å². The minimum atomic E-state index is -4.28. The van der Waals surface area contributed by atoms with Crippen LogP contribution in [0.15, 0.2) is 29.2 Å². The molecule has 0 atom stereocenters. The molecular weight excluding hydrogens is 272 g/mol. The van der Waals surface area contributed by atoms with Gasteiger partial charge in [-0.05, 0) is 19.1 Å². The summed E-state index contributed by atoms with van der Waals surface area (Å²) in [7, 11) is -3.96. The van der Waals surface area contributed by atoms with Crippen LogP contribution in [0.1, 0.15) is 12.0 Å². The summed E-state index contributed by atoms with van der Waals surface area (Å²) in [4.78, 5) is -0.141. The Kier molecular flexibility index (Phi) is 4.37. The van der Waals surface area contributed by atoms with Crippen molar-refractivity contribution in [2.24, 2.45) is 0 Å². The van der Waals surface area contributed by atoms with Crippen molar-refractivity contribution < 1.29 is 26.0 Å². The average Bonchev–Trinajstić information content (AvgIpc) is 2.27. The Balaban J connectivity index is 2.81. The maximum atomic E-state index is 12.6. The smallest absolute Gasteiger partial charge is 0.224 e. The molecule has 0 unspecified atom stereocenters. The molecule has 0 aliphatic carbocycles. The Morgan fingerprint density at radius 3 is 2.11 bits per heavy atom. The van der Waals surface area contributed by atoms with Gasteiger partial charge in [0.15, 0.2) is 9.84 Å². The highest BCUT2D eigenvalue weighted by atomic mass is 32.2. The Bertz CT molecular complexity index is 494. The lowest BCUT2D eigenvalue weighted by Gasteiger charge is -2.14. The summed E-state index contributed by atoms with van der Waals surface area (Å²) >= 11 is 0. The van der Waals surface area contributed by atoms with Gasteiger partial charge in [-0.15, -0.1) is 0 Å². The lowest BCUT2D eigenvalue weighted by molar-refractivity contribution is -0.129. The first kappa shape index (κ1) is 14.9. The lowest BCUT2D eigenvalue weighted by Crippen LogP contribution is -2.29. The maximum absolute atomic E-state index is 12.6. The highest BCUT2D eigenvalue weighted by Crippen LogP contribution is 2.28. The molecule has 102 valence electrons. The van der Waals surface area contributed by atoms with E-state index in [4.69, 9.17) is 0 Å². The molecular formula is C11H12F4O2S. The minimum Gasteiger partial charge on any atom is -0.224 e. The van der Waals surface area contributed by atoms with Gasteiger partial charge < -0.3 is 0 Å². The summed E-state index contributed by atoms with van der Waals surface area (Å²) in [6.45, 7) is 1.74. The summed E-state index contributed by atoms with van der Waals surface area (Å²) in [5.74, 6) is -5.29. The van der Waals surface area contributed by atoms with Gasteiger partial charge in [0, 0.05) is 6.42 Å². The second-order valence-electron chi connectivity index (χ2n) is 3.94. The van der Waals surface area contributed by atoms with Gasteiger partial charge in [0.1, 0.15) is 0 Å². The highest BCUT2D eigenvalue weighted by molar-refractivity contribution is 7.91. The van der Waals surface area contributed by atoms with E-state index in [1.165, 1.54) is 24.3 Å². The molecule has 0 aliphatic rings. The third kappa shape index (κ3) is 3.69. The van der Waals surface area contributed by atoms with E-state index in [1.54, 1.807) is 6.92 Å². The zero-order valence-corrected chi connectivity index (χ0v) is 10.4. The molecule has 2 nitrogen and oxygen atoms in total. The average molecular weight is 284 g/mol. The summed E-state index contributed by atoms with van der Waals surface area (Å²) in [6, 6.07) is 5.56. The fourth-order valence-corrected chi connectivity index (χ4v) is 2.57. The van der Waals surface area contributed by atoms with E-state index in [2.05, 4.69) is 0 Å². The minimum absolute atomic E-state index is 0.141. The van der Waals surface area contributed by atoms with Gasteiger partial charge in [-0.2, -0.15) is 0 Å². The molecule has 0 fully saturated rings. The number of sulfone groups is 1. The van der Waals surface area contributed by atoms with Crippen LogP contribution in [0.3, 0.4) is 0 Å². The molecule has 0 heterocycles. The maximum Gasteiger partial charge on any atom is 0.308 e. The molecule has 18 heavy (non-hydrogen) atoms. The molecule has 0 aromatic heterocycles. The highest BCUT2D eigenvalue weighted by Gasteiger charge is 2.41. The van der Waals surface area contributed by atoms with E-state index in [0.717, 1.165) is 5.56 Å². The predicted molar refractivity (Wildman–Crippen MR) is 58.8 cm³/mol. The first-order valence-electron chi connectivity index (χ1n) is 5.10. The zero-order valence-electron chi connectivity index (χ0n) is 9.54. The Hall–Kier alpha value is -1.11. The molecule has 7 heteroatoms. The summed E-state index contributed by atoms with van der Waals surface area (Å²) < 4.78 is 72.3. The van der Waals surface area contributed by atoms with Gasteiger partial charge in [0.25, 0.3) is 0 Å². The fraction of sp³-hybridized carbons (Fsp3) is 0.455. The number of hydrogen-bond donors (Lipinski definition) is 0. The van der Waals surface area contributed by atoms with Crippen LogP contribution < -0.4 is 0 Å². The van der Waals surface area contributed by atoms with Gasteiger partial charge in [-0.1, -0.05) is 17.7 Å². The second kappa shape index (κ2) is 5.26. The van der Waals surface area contributed by atoms with Crippen molar-refractivity contribution in [2.45, 2.75) is 30.6 Å². The van der Waals surface area contributed by atoms with Crippen LogP contribution in [0.4, 0.5) is 17.6 Å². The SMILES string of the molecule is Cc1ccc(S(=O)(=O)CCC(F)(F)C(F)F)cc1. The number of alkyl halides is 4. The van der Waals surface area contributed by atoms with Crippen LogP contribution in [0.25, 0.3) is 0 Å². The van der Waals surface area contributed by atoms with Crippen LogP contribution in [-0.2, 0) is 9.84 Å². The van der Waals surface area contributed by atoms with Crippen molar-refractivity contribution >= 4 is 9.84 Å². The van der Waals surface area contributed by atoms with Crippen molar-refractivity contribution in [3.8, 4) is 0 Å². The molecule has 0 saturated heterocycles. The largest absolute Gasteiger partial charge is 0.308 e. The molecule has 1 rings (SSSR count). The van der Waals surface area contributed by atoms with E-state index >= 15 is 0 Å². The Labute approximate surface area is 103 Å². The molecule has 1 aromatic rings. The van der Waals surface area contributed by atoms with Crippen molar-refractivity contribution in [1.82, 2.24) is 0 Å². The van der Waals surface area contributed by atoms with Gasteiger partial charge >= 0.3 is 12.3 Å². The molecule has 0 saturated carbocycles. The van der Waals surface area contributed by atoms with E-state index in [-0.39, 0.29) is 4.90 Å². The van der Waals surface area contributed by atoms with Crippen molar-refractivity contribution in [1.29, 1.82) is 0 Å². The number of aryl methyl sites for hydroxylation is 1. The number of halogens is 4. The molecule has 0 N–H and O–H groups in total. The number of rotatable bonds is 5. The normalized spacial score (nSPS) is 13.0. The standard InChI is InChI=1S/C11H12F4O2S/c1-8-2-4-9(5-3-8)18(16,17)7-6-11(14,15)10(12)13/h2-5,10H,6-7H2,1H3. The number of hydrogen-bond acceptors (Lipinski definition) is 2. The van der Waals surface area contributed by atoms with Gasteiger partial charge in [0.05, 0.1) is 10.6 Å². The third-order valence-corrected chi connectivity index (χ3v) is 4.14. The van der Waals surface area contributed by atoms with Crippen LogP contribution in [0, 0.1) is 6.92 Å². The first-order chi connectivity index (χ1) is 8.15. The zero-order chi connectivity index (χ0) is 14.0. The van der Waals surface area contributed by atoms with Crippen LogP contribution >= 0.6 is 0 Å². The van der Waals surface area contributed by atoms with E-state index in [9.17, 15) is 26.0 Å². The molecule has 0 aliphatic heterocycles. The quantitative estimate of drug-likeness (QED) is 0.779. The van der Waals surface area contributed by atoms with Crippen LogP contribution in [0.2, 0.25) is 0 Å². The molecule has 0 bridgehead atoms. The van der Waals surface area contributed by atoms with Crippen LogP contribution in [-0.4, -0.2) is 26.5 Å². The first-order valence-corrected chi connectivity index (χ1v) is 6.76. The lowest BCUT2D eigenvalue weighted by atomic mass is 10.2. The molecule has 0 spiro atoms. The monoisotopic (exact) mass is 284 g/mol. The molecule has 1 aromatic carbocycles. The third-order valence-electron chi connectivity index (χ3n) is 2.40. The summed E-state index contributed by atoms with van der Waals surface area (Å²) in [5, 5.41) is 0. The Morgan fingerprint density at radius 1 is 1.17 bits per heavy atom. The van der Waals surface area contributed by atoms with E-state index in [1.807, 2.05) is 0 Å². The van der Waals surface area contributed by atoms with Crippen molar-refractivity contribution in [2.75, 3.05) is 5.75 Å². The fourth-order valence-electron chi connectivity index (χ4n) is 1.24.